The van der Waals surface area contributed by atoms with Crippen LogP contribution in [-0.2, 0) is 4.57 Å². The van der Waals surface area contributed by atoms with Crippen LogP contribution < -0.4 is 20.8 Å². The smallest absolute Gasteiger partial charge is 0.229 e. The summed E-state index contributed by atoms with van der Waals surface area (Å²) in [6, 6.07) is 14.0. The highest BCUT2D eigenvalue weighted by molar-refractivity contribution is 7.70. The molecule has 1 aliphatic carbocycles. The van der Waals surface area contributed by atoms with Gasteiger partial charge in [0.1, 0.15) is 12.2 Å². The van der Waals surface area contributed by atoms with Gasteiger partial charge < -0.3 is 20.1 Å². The van der Waals surface area contributed by atoms with Gasteiger partial charge in [-0.1, -0.05) is 30.2 Å². The third-order valence-corrected chi connectivity index (χ3v) is 9.34. The van der Waals surface area contributed by atoms with Gasteiger partial charge >= 0.3 is 0 Å². The topological polar surface area (TPSA) is 70.1 Å². The molecule has 0 unspecified atom stereocenters. The standard InChI is InChI=1S/C27H33ClN5OP/c1-19-17-20(9-10-23(19)33-15-13-27(14-16-33)11-6-12-27)30-26-29-18-21(28)25(32-26)31-22-7-4-5-8-24(22)35(2,3)34/h4-5,7-10,17-18H,6,11-16H2,1-3H3,(H2,29,30,31,32). The first kappa shape index (κ1) is 24.1. The quantitative estimate of drug-likeness (QED) is 0.350. The van der Waals surface area contributed by atoms with Gasteiger partial charge in [-0.2, -0.15) is 4.98 Å². The average Bonchev–Trinajstić information content (AvgIpc) is 2.80. The van der Waals surface area contributed by atoms with Gasteiger partial charge in [0.15, 0.2) is 5.82 Å². The average molecular weight is 510 g/mol. The number of piperidine rings is 1. The Bertz CT molecular complexity index is 1280. The molecule has 8 heteroatoms. The minimum atomic E-state index is -2.47. The van der Waals surface area contributed by atoms with E-state index in [1.54, 1.807) is 19.5 Å². The Morgan fingerprint density at radius 1 is 1.03 bits per heavy atom. The fourth-order valence-corrected chi connectivity index (χ4v) is 6.60. The number of hydrogen-bond acceptors (Lipinski definition) is 6. The van der Waals surface area contributed by atoms with Crippen LogP contribution in [0.25, 0.3) is 0 Å². The Kier molecular flexibility index (Phi) is 6.54. The van der Waals surface area contributed by atoms with Crippen molar-refractivity contribution in [1.29, 1.82) is 0 Å². The molecule has 0 radical (unpaired) electrons. The third-order valence-electron chi connectivity index (χ3n) is 7.51. The molecule has 0 amide bonds. The van der Waals surface area contributed by atoms with Crippen molar-refractivity contribution in [3.05, 3.63) is 59.2 Å². The highest BCUT2D eigenvalue weighted by Crippen LogP contribution is 2.49. The summed E-state index contributed by atoms with van der Waals surface area (Å²) in [5.41, 5.74) is 4.86. The molecule has 2 N–H and O–H groups in total. The molecule has 1 aliphatic heterocycles. The van der Waals surface area contributed by atoms with Crippen molar-refractivity contribution < 1.29 is 4.57 Å². The van der Waals surface area contributed by atoms with E-state index >= 15 is 0 Å². The molecule has 2 heterocycles. The summed E-state index contributed by atoms with van der Waals surface area (Å²) in [5.74, 6) is 0.916. The number of benzene rings is 2. The molecule has 6 nitrogen and oxygen atoms in total. The number of para-hydroxylation sites is 1. The number of rotatable bonds is 6. The first-order valence-corrected chi connectivity index (χ1v) is 15.3. The monoisotopic (exact) mass is 509 g/mol. The molecular weight excluding hydrogens is 477 g/mol. The predicted octanol–water partition coefficient (Wildman–Crippen LogP) is 6.94. The van der Waals surface area contributed by atoms with Crippen molar-refractivity contribution >= 4 is 52.9 Å². The number of aromatic nitrogens is 2. The SMILES string of the molecule is Cc1cc(Nc2ncc(Cl)c(Nc3ccccc3P(C)(C)=O)n2)ccc1N1CCC2(CCC2)CC1. The zero-order chi connectivity index (χ0) is 24.6. The molecular formula is C27H33ClN5OP. The van der Waals surface area contributed by atoms with E-state index in [9.17, 15) is 4.57 Å². The van der Waals surface area contributed by atoms with E-state index in [4.69, 9.17) is 11.6 Å². The third kappa shape index (κ3) is 5.19. The number of nitrogens with one attached hydrogen (secondary N) is 2. The summed E-state index contributed by atoms with van der Waals surface area (Å²) in [6.45, 7) is 7.96. The second-order valence-corrected chi connectivity index (χ2v) is 13.9. The zero-order valence-electron chi connectivity index (χ0n) is 20.6. The second kappa shape index (κ2) is 9.48. The highest BCUT2D eigenvalue weighted by Gasteiger charge is 2.39. The van der Waals surface area contributed by atoms with Crippen LogP contribution in [-0.4, -0.2) is 36.4 Å². The molecule has 2 aromatic carbocycles. The van der Waals surface area contributed by atoms with Crippen molar-refractivity contribution in [2.24, 2.45) is 5.41 Å². The van der Waals surface area contributed by atoms with E-state index in [-0.39, 0.29) is 0 Å². The van der Waals surface area contributed by atoms with Crippen LogP contribution in [0.3, 0.4) is 0 Å². The number of anilines is 5. The number of hydrogen-bond donors (Lipinski definition) is 2. The van der Waals surface area contributed by atoms with Gasteiger partial charge in [0, 0.05) is 29.8 Å². The van der Waals surface area contributed by atoms with Crippen molar-refractivity contribution in [2.45, 2.75) is 39.0 Å². The van der Waals surface area contributed by atoms with Crippen LogP contribution in [0.5, 0.6) is 0 Å². The molecule has 5 rings (SSSR count). The maximum absolute atomic E-state index is 12.7. The van der Waals surface area contributed by atoms with E-state index in [0.717, 1.165) is 29.8 Å². The van der Waals surface area contributed by atoms with Gasteiger partial charge in [-0.25, -0.2) is 4.98 Å². The lowest BCUT2D eigenvalue weighted by atomic mass is 9.63. The lowest BCUT2D eigenvalue weighted by Crippen LogP contribution is -2.43. The summed E-state index contributed by atoms with van der Waals surface area (Å²) in [5, 5.41) is 7.72. The molecule has 0 bridgehead atoms. The Balaban J connectivity index is 1.31. The van der Waals surface area contributed by atoms with E-state index < -0.39 is 7.14 Å². The molecule has 2 fully saturated rings. The van der Waals surface area contributed by atoms with Gasteiger partial charge in [0.05, 0.1) is 11.9 Å². The Morgan fingerprint density at radius 3 is 2.43 bits per heavy atom. The van der Waals surface area contributed by atoms with Gasteiger partial charge in [0.2, 0.25) is 5.95 Å². The van der Waals surface area contributed by atoms with Gasteiger partial charge in [-0.05, 0) is 87.2 Å². The molecule has 2 aliphatic rings. The summed E-state index contributed by atoms with van der Waals surface area (Å²) >= 11 is 6.39. The largest absolute Gasteiger partial charge is 0.371 e. The van der Waals surface area contributed by atoms with E-state index in [1.807, 2.05) is 24.3 Å². The number of nitrogens with zero attached hydrogens (tertiary/aromatic N) is 3. The second-order valence-electron chi connectivity index (χ2n) is 10.4. The summed E-state index contributed by atoms with van der Waals surface area (Å²) in [7, 11) is -2.47. The fourth-order valence-electron chi connectivity index (χ4n) is 5.31. The Morgan fingerprint density at radius 2 is 1.77 bits per heavy atom. The van der Waals surface area contributed by atoms with Crippen LogP contribution >= 0.6 is 18.7 Å². The molecule has 1 saturated carbocycles. The van der Waals surface area contributed by atoms with Crippen LogP contribution in [0.2, 0.25) is 5.02 Å². The molecule has 35 heavy (non-hydrogen) atoms. The predicted molar refractivity (Wildman–Crippen MR) is 148 cm³/mol. The fraction of sp³-hybridized carbons (Fsp3) is 0.407. The maximum atomic E-state index is 12.7. The van der Waals surface area contributed by atoms with Gasteiger partial charge in [0.25, 0.3) is 0 Å². The van der Waals surface area contributed by atoms with Crippen molar-refractivity contribution in [3.8, 4) is 0 Å². The number of aryl methyl sites for hydroxylation is 1. The van der Waals surface area contributed by atoms with Crippen LogP contribution in [0.4, 0.5) is 28.8 Å². The summed E-state index contributed by atoms with van der Waals surface area (Å²) in [6.07, 6.45) is 8.45. The Labute approximate surface area is 212 Å². The number of halogens is 1. The van der Waals surface area contributed by atoms with Crippen LogP contribution in [0, 0.1) is 12.3 Å². The van der Waals surface area contributed by atoms with Gasteiger partial charge in [-0.15, -0.1) is 0 Å². The van der Waals surface area contributed by atoms with Crippen molar-refractivity contribution in [3.63, 3.8) is 0 Å². The van der Waals surface area contributed by atoms with E-state index in [0.29, 0.717) is 22.2 Å². The lowest BCUT2D eigenvalue weighted by Gasteiger charge is -2.48. The zero-order valence-corrected chi connectivity index (χ0v) is 22.3. The molecule has 0 atom stereocenters. The first-order valence-electron chi connectivity index (χ1n) is 12.3. The lowest BCUT2D eigenvalue weighted by molar-refractivity contribution is 0.0955. The van der Waals surface area contributed by atoms with Crippen molar-refractivity contribution in [1.82, 2.24) is 9.97 Å². The van der Waals surface area contributed by atoms with Crippen LogP contribution in [0.15, 0.2) is 48.7 Å². The van der Waals surface area contributed by atoms with E-state index in [1.165, 1.54) is 43.4 Å². The molecule has 3 aromatic rings. The van der Waals surface area contributed by atoms with Gasteiger partial charge in [-0.3, -0.25) is 0 Å². The molecule has 1 spiro atoms. The first-order chi connectivity index (χ1) is 16.7. The highest BCUT2D eigenvalue weighted by atomic mass is 35.5. The molecule has 184 valence electrons. The molecule has 1 aromatic heterocycles. The minimum Gasteiger partial charge on any atom is -0.371 e. The normalized spacial score (nSPS) is 17.2. The molecule has 1 saturated heterocycles. The van der Waals surface area contributed by atoms with E-state index in [2.05, 4.69) is 50.6 Å². The van der Waals surface area contributed by atoms with Crippen molar-refractivity contribution in [2.75, 3.05) is 42.0 Å². The maximum Gasteiger partial charge on any atom is 0.229 e. The Hall–Kier alpha value is -2.56. The minimum absolute atomic E-state index is 0.397. The van der Waals surface area contributed by atoms with Crippen LogP contribution in [0.1, 0.15) is 37.7 Å². The summed E-state index contributed by atoms with van der Waals surface area (Å²) in [4.78, 5) is 11.5. The summed E-state index contributed by atoms with van der Waals surface area (Å²) < 4.78 is 12.7.